The van der Waals surface area contributed by atoms with Gasteiger partial charge in [0.15, 0.2) is 0 Å². The molecule has 0 spiro atoms. The number of rotatable bonds is 6. The first-order valence-electron chi connectivity index (χ1n) is 5.88. The molecular weight excluding hydrogens is 184 g/mol. The Morgan fingerprint density at radius 2 is 2.13 bits per heavy atom. The number of aromatic nitrogens is 1. The zero-order chi connectivity index (χ0) is 11.1. The lowest BCUT2D eigenvalue weighted by molar-refractivity contribution is 0.440. The van der Waals surface area contributed by atoms with Crippen LogP contribution in [0.25, 0.3) is 0 Å². The molecule has 1 unspecified atom stereocenters. The predicted molar refractivity (Wildman–Crippen MR) is 64.7 cm³/mol. The Balaban J connectivity index is 2.33. The van der Waals surface area contributed by atoms with Crippen LogP contribution in [0.1, 0.15) is 45.3 Å². The van der Waals surface area contributed by atoms with Gasteiger partial charge in [-0.25, -0.2) is 0 Å². The minimum Gasteiger partial charge on any atom is -0.309 e. The molecule has 0 fully saturated rings. The minimum absolute atomic E-state index is 0.352. The third-order valence-corrected chi connectivity index (χ3v) is 2.69. The zero-order valence-corrected chi connectivity index (χ0v) is 10.0. The highest BCUT2D eigenvalue weighted by atomic mass is 14.9. The molecule has 0 saturated heterocycles. The van der Waals surface area contributed by atoms with Crippen molar-refractivity contribution in [1.29, 1.82) is 0 Å². The van der Waals surface area contributed by atoms with Crippen LogP contribution in [-0.4, -0.2) is 11.5 Å². The molecule has 1 aromatic heterocycles. The summed E-state index contributed by atoms with van der Waals surface area (Å²) in [7, 11) is 0. The van der Waals surface area contributed by atoms with Gasteiger partial charge < -0.3 is 5.32 Å². The van der Waals surface area contributed by atoms with Crippen LogP contribution in [-0.2, 0) is 0 Å². The van der Waals surface area contributed by atoms with Crippen molar-refractivity contribution in [1.82, 2.24) is 10.3 Å². The van der Waals surface area contributed by atoms with E-state index in [0.717, 1.165) is 18.2 Å². The number of hydrogen-bond donors (Lipinski definition) is 1. The molecule has 0 radical (unpaired) electrons. The van der Waals surface area contributed by atoms with Crippen molar-refractivity contribution in [3.8, 4) is 0 Å². The first-order valence-corrected chi connectivity index (χ1v) is 5.88. The summed E-state index contributed by atoms with van der Waals surface area (Å²) in [5.74, 6) is 0.751. The highest BCUT2D eigenvalue weighted by Gasteiger charge is 2.07. The third-order valence-electron chi connectivity index (χ3n) is 2.69. The Labute approximate surface area is 93.1 Å². The summed E-state index contributed by atoms with van der Waals surface area (Å²) in [6, 6.07) is 6.42. The molecular formula is C13H22N2. The summed E-state index contributed by atoms with van der Waals surface area (Å²) >= 11 is 0. The molecule has 0 saturated carbocycles. The van der Waals surface area contributed by atoms with E-state index in [1.807, 2.05) is 18.3 Å². The van der Waals surface area contributed by atoms with Crippen LogP contribution in [0.15, 0.2) is 24.4 Å². The smallest absolute Gasteiger partial charge is 0.0570 e. The van der Waals surface area contributed by atoms with Gasteiger partial charge in [0.1, 0.15) is 0 Å². The van der Waals surface area contributed by atoms with Gasteiger partial charge in [0.25, 0.3) is 0 Å². The summed E-state index contributed by atoms with van der Waals surface area (Å²) < 4.78 is 0. The summed E-state index contributed by atoms with van der Waals surface area (Å²) in [5, 5.41) is 3.52. The van der Waals surface area contributed by atoms with E-state index in [1.54, 1.807) is 0 Å². The molecule has 1 rings (SSSR count). The SMILES string of the molecule is CCCC(C)CN[C@H](C)c1ccccn1. The molecule has 0 aliphatic rings. The van der Waals surface area contributed by atoms with E-state index in [1.165, 1.54) is 12.8 Å². The highest BCUT2D eigenvalue weighted by molar-refractivity contribution is 5.07. The van der Waals surface area contributed by atoms with Gasteiger partial charge >= 0.3 is 0 Å². The summed E-state index contributed by atoms with van der Waals surface area (Å²) in [6.07, 6.45) is 4.41. The van der Waals surface area contributed by atoms with Crippen LogP contribution in [0.4, 0.5) is 0 Å². The molecule has 2 heteroatoms. The van der Waals surface area contributed by atoms with Gasteiger partial charge in [0.05, 0.1) is 5.69 Å². The van der Waals surface area contributed by atoms with Gasteiger partial charge in [0.2, 0.25) is 0 Å². The van der Waals surface area contributed by atoms with Crippen LogP contribution < -0.4 is 5.32 Å². The second-order valence-electron chi connectivity index (χ2n) is 4.28. The van der Waals surface area contributed by atoms with Crippen molar-refractivity contribution in [3.63, 3.8) is 0 Å². The highest BCUT2D eigenvalue weighted by Crippen LogP contribution is 2.10. The number of nitrogens with zero attached hydrogens (tertiary/aromatic N) is 1. The van der Waals surface area contributed by atoms with Gasteiger partial charge in [0, 0.05) is 12.2 Å². The topological polar surface area (TPSA) is 24.9 Å². The molecule has 0 aromatic carbocycles. The van der Waals surface area contributed by atoms with E-state index in [0.29, 0.717) is 6.04 Å². The lowest BCUT2D eigenvalue weighted by atomic mass is 10.1. The molecule has 1 aromatic rings. The van der Waals surface area contributed by atoms with Gasteiger partial charge in [-0.2, -0.15) is 0 Å². The second-order valence-corrected chi connectivity index (χ2v) is 4.28. The Morgan fingerprint density at radius 1 is 1.33 bits per heavy atom. The van der Waals surface area contributed by atoms with E-state index in [2.05, 4.69) is 37.1 Å². The van der Waals surface area contributed by atoms with Crippen LogP contribution in [0, 0.1) is 5.92 Å². The van der Waals surface area contributed by atoms with Gasteiger partial charge in [-0.15, -0.1) is 0 Å². The van der Waals surface area contributed by atoms with Gasteiger partial charge in [-0.3, -0.25) is 4.98 Å². The Kier molecular flexibility index (Phi) is 5.33. The van der Waals surface area contributed by atoms with Crippen LogP contribution >= 0.6 is 0 Å². The Morgan fingerprint density at radius 3 is 2.73 bits per heavy atom. The summed E-state index contributed by atoms with van der Waals surface area (Å²) in [5.41, 5.74) is 1.13. The molecule has 1 N–H and O–H groups in total. The monoisotopic (exact) mass is 206 g/mol. The minimum atomic E-state index is 0.352. The number of pyridine rings is 1. The van der Waals surface area contributed by atoms with Crippen molar-refractivity contribution in [2.45, 2.75) is 39.7 Å². The second kappa shape index (κ2) is 6.57. The van der Waals surface area contributed by atoms with E-state index in [-0.39, 0.29) is 0 Å². The van der Waals surface area contributed by atoms with Gasteiger partial charge in [-0.05, 0) is 37.9 Å². The zero-order valence-electron chi connectivity index (χ0n) is 10.0. The predicted octanol–water partition coefficient (Wildman–Crippen LogP) is 3.17. The molecule has 15 heavy (non-hydrogen) atoms. The number of nitrogens with one attached hydrogen (secondary N) is 1. The van der Waals surface area contributed by atoms with E-state index in [4.69, 9.17) is 0 Å². The molecule has 0 aliphatic carbocycles. The summed E-state index contributed by atoms with van der Waals surface area (Å²) in [4.78, 5) is 4.34. The van der Waals surface area contributed by atoms with Crippen molar-refractivity contribution in [3.05, 3.63) is 30.1 Å². The molecule has 1 heterocycles. The van der Waals surface area contributed by atoms with E-state index in [9.17, 15) is 0 Å². The third kappa shape index (κ3) is 4.43. The van der Waals surface area contributed by atoms with E-state index < -0.39 is 0 Å². The molecule has 2 nitrogen and oxygen atoms in total. The fourth-order valence-electron chi connectivity index (χ4n) is 1.71. The first-order chi connectivity index (χ1) is 7.24. The maximum atomic E-state index is 4.34. The molecule has 0 bridgehead atoms. The van der Waals surface area contributed by atoms with Crippen molar-refractivity contribution < 1.29 is 0 Å². The maximum absolute atomic E-state index is 4.34. The molecule has 0 amide bonds. The average molecular weight is 206 g/mol. The first kappa shape index (κ1) is 12.2. The maximum Gasteiger partial charge on any atom is 0.0570 e. The average Bonchev–Trinajstić information content (AvgIpc) is 2.27. The number of hydrogen-bond acceptors (Lipinski definition) is 2. The quantitative estimate of drug-likeness (QED) is 0.773. The van der Waals surface area contributed by atoms with Crippen LogP contribution in [0.2, 0.25) is 0 Å². The van der Waals surface area contributed by atoms with Crippen molar-refractivity contribution in [2.24, 2.45) is 5.92 Å². The van der Waals surface area contributed by atoms with E-state index >= 15 is 0 Å². The molecule has 2 atom stereocenters. The summed E-state index contributed by atoms with van der Waals surface area (Å²) in [6.45, 7) is 7.77. The molecule has 0 aliphatic heterocycles. The fourth-order valence-corrected chi connectivity index (χ4v) is 1.71. The normalized spacial score (nSPS) is 14.9. The van der Waals surface area contributed by atoms with Crippen LogP contribution in [0.3, 0.4) is 0 Å². The molecule has 84 valence electrons. The van der Waals surface area contributed by atoms with Gasteiger partial charge in [-0.1, -0.05) is 26.3 Å². The van der Waals surface area contributed by atoms with Crippen molar-refractivity contribution >= 4 is 0 Å². The standard InChI is InChI=1S/C13H22N2/c1-4-7-11(2)10-15-12(3)13-8-5-6-9-14-13/h5-6,8-9,11-12,15H,4,7,10H2,1-3H3/t11?,12-/m1/s1. The van der Waals surface area contributed by atoms with Crippen molar-refractivity contribution in [2.75, 3.05) is 6.54 Å². The Bertz CT molecular complexity index is 258. The Hall–Kier alpha value is -0.890. The lowest BCUT2D eigenvalue weighted by Crippen LogP contribution is -2.25. The largest absolute Gasteiger partial charge is 0.309 e. The fraction of sp³-hybridized carbons (Fsp3) is 0.615. The van der Waals surface area contributed by atoms with Crippen LogP contribution in [0.5, 0.6) is 0 Å². The lowest BCUT2D eigenvalue weighted by Gasteiger charge is -2.16.